The van der Waals surface area contributed by atoms with Gasteiger partial charge < -0.3 is 0 Å². The van der Waals surface area contributed by atoms with Gasteiger partial charge in [0.15, 0.2) is 17.5 Å². The van der Waals surface area contributed by atoms with E-state index in [1.165, 1.54) is 0 Å². The maximum absolute atomic E-state index is 5.78. The molecule has 0 amide bonds. The van der Waals surface area contributed by atoms with E-state index >= 15 is 0 Å². The first-order chi connectivity index (χ1) is 9.66. The molecule has 0 aliphatic rings. The number of hydrogen-bond acceptors (Lipinski definition) is 4. The third kappa shape index (κ3) is 5.10. The maximum Gasteiger partial charge on any atom is 0.250 e. The largest absolute Gasteiger partial charge is 0.250 e. The molecule has 0 bridgehead atoms. The highest BCUT2D eigenvalue weighted by molar-refractivity contribution is 7.10. The van der Waals surface area contributed by atoms with Gasteiger partial charge in [0.2, 0.25) is 7.59 Å². The topological polar surface area (TPSA) is 38.7 Å². The molecule has 0 unspecified atom stereocenters. The van der Waals surface area contributed by atoms with E-state index in [1.54, 1.807) is 23.5 Å². The van der Waals surface area contributed by atoms with Crippen LogP contribution in [0.25, 0.3) is 12.2 Å². The molecule has 10 heteroatoms. The van der Waals surface area contributed by atoms with Crippen LogP contribution in [0.15, 0.2) is 17.5 Å². The number of nitrogens with zero attached hydrogens (tertiary/aromatic N) is 3. The summed E-state index contributed by atoms with van der Waals surface area (Å²) in [6, 6.07) is 3.84. The summed E-state index contributed by atoms with van der Waals surface area (Å²) in [4.78, 5) is 13.0. The molecule has 0 aliphatic heterocycles. The Morgan fingerprint density at radius 2 is 1.43 bits per heavy atom. The van der Waals surface area contributed by atoms with Gasteiger partial charge in [0.05, 0.1) is 0 Å². The van der Waals surface area contributed by atoms with Crippen LogP contribution in [-0.4, -0.2) is 15.0 Å². The fourth-order valence-electron chi connectivity index (χ4n) is 1.26. The molecule has 0 spiro atoms. The summed E-state index contributed by atoms with van der Waals surface area (Å²) < 4.78 is -3.70. The molecule has 0 aliphatic carbocycles. The molecule has 0 saturated heterocycles. The van der Waals surface area contributed by atoms with E-state index in [1.807, 2.05) is 17.5 Å². The van der Waals surface area contributed by atoms with E-state index in [0.29, 0.717) is 0 Å². The Hall–Kier alpha value is 0.190. The predicted octanol–water partition coefficient (Wildman–Crippen LogP) is 5.76. The lowest BCUT2D eigenvalue weighted by Crippen LogP contribution is -2.16. The smallest absolute Gasteiger partial charge is 0.209 e. The minimum absolute atomic E-state index is 0.116. The molecule has 0 atom stereocenters. The molecule has 2 aromatic heterocycles. The Balaban J connectivity index is 2.45. The van der Waals surface area contributed by atoms with Gasteiger partial charge in [-0.3, -0.25) is 0 Å². The number of hydrogen-bond donors (Lipinski definition) is 0. The van der Waals surface area contributed by atoms with Gasteiger partial charge in [0.25, 0.3) is 0 Å². The lowest BCUT2D eigenvalue weighted by atomic mass is 10.4. The minimum atomic E-state index is -1.85. The Kier molecular flexibility index (Phi) is 5.64. The molecule has 0 radical (unpaired) electrons. The fourth-order valence-corrected chi connectivity index (χ4v) is 2.39. The third-order valence-electron chi connectivity index (χ3n) is 2.10. The zero-order chi connectivity index (χ0) is 15.7. The Bertz CT molecular complexity index is 613. The van der Waals surface area contributed by atoms with E-state index in [2.05, 4.69) is 15.0 Å². The van der Waals surface area contributed by atoms with Gasteiger partial charge in [-0.15, -0.1) is 11.3 Å². The van der Waals surface area contributed by atoms with Crippen LogP contribution >= 0.6 is 80.9 Å². The number of halogens is 6. The molecule has 0 aromatic carbocycles. The second kappa shape index (κ2) is 6.75. The van der Waals surface area contributed by atoms with Gasteiger partial charge in [-0.05, 0) is 23.6 Å². The van der Waals surface area contributed by atoms with Crippen molar-refractivity contribution in [1.29, 1.82) is 0 Å². The molecule has 2 rings (SSSR count). The van der Waals surface area contributed by atoms with Crippen molar-refractivity contribution >= 4 is 93.1 Å². The third-order valence-corrected chi connectivity index (χ3v) is 3.95. The summed E-state index contributed by atoms with van der Waals surface area (Å²) in [5.74, 6) is -0.00893. The van der Waals surface area contributed by atoms with Crippen molar-refractivity contribution in [2.24, 2.45) is 0 Å². The fraction of sp³-hybridized carbons (Fsp3) is 0.182. The van der Waals surface area contributed by atoms with Crippen LogP contribution in [0.2, 0.25) is 0 Å². The van der Waals surface area contributed by atoms with Crippen molar-refractivity contribution in [3.05, 3.63) is 39.9 Å². The summed E-state index contributed by atoms with van der Waals surface area (Å²) in [6.45, 7) is 0. The van der Waals surface area contributed by atoms with Crippen LogP contribution in [0.5, 0.6) is 0 Å². The first kappa shape index (κ1) is 17.5. The van der Waals surface area contributed by atoms with E-state index in [4.69, 9.17) is 69.6 Å². The van der Waals surface area contributed by atoms with E-state index < -0.39 is 7.59 Å². The molecule has 112 valence electrons. The standard InChI is InChI=1S/C11H5Cl6N3S/c12-10(13,14)8-18-7(4-3-6-2-1-5-21-6)19-9(20-8)11(15,16)17/h1-5H. The molecule has 2 heterocycles. The molecule has 0 fully saturated rings. The van der Waals surface area contributed by atoms with Gasteiger partial charge in [-0.1, -0.05) is 75.7 Å². The molecule has 3 nitrogen and oxygen atoms in total. The summed E-state index contributed by atoms with van der Waals surface area (Å²) in [5, 5.41) is 1.94. The Labute approximate surface area is 154 Å². The first-order valence-corrected chi connectivity index (χ1v) is 8.43. The zero-order valence-electron chi connectivity index (χ0n) is 9.90. The highest BCUT2D eigenvalue weighted by Crippen LogP contribution is 2.39. The van der Waals surface area contributed by atoms with Gasteiger partial charge in [-0.25, -0.2) is 15.0 Å². The highest BCUT2D eigenvalue weighted by atomic mass is 35.6. The zero-order valence-corrected chi connectivity index (χ0v) is 15.3. The summed E-state index contributed by atoms with van der Waals surface area (Å²) >= 11 is 36.2. The van der Waals surface area contributed by atoms with Crippen LogP contribution in [0.4, 0.5) is 0 Å². The average Bonchev–Trinajstić information content (AvgIpc) is 2.87. The van der Waals surface area contributed by atoms with Crippen molar-refractivity contribution in [3.63, 3.8) is 0 Å². The second-order valence-corrected chi connectivity index (χ2v) is 9.23. The van der Waals surface area contributed by atoms with Crippen molar-refractivity contribution in [2.45, 2.75) is 7.59 Å². The van der Waals surface area contributed by atoms with Crippen LogP contribution < -0.4 is 0 Å². The van der Waals surface area contributed by atoms with Gasteiger partial charge in [0, 0.05) is 4.88 Å². The lowest BCUT2D eigenvalue weighted by molar-refractivity contribution is 0.835. The Morgan fingerprint density at radius 1 is 0.857 bits per heavy atom. The summed E-state index contributed by atoms with van der Waals surface area (Å²) in [5.41, 5.74) is 0. The molecule has 2 aromatic rings. The molecule has 0 saturated carbocycles. The number of alkyl halides is 6. The summed E-state index contributed by atoms with van der Waals surface area (Å²) in [7, 11) is 0. The quantitative estimate of drug-likeness (QED) is 0.576. The van der Waals surface area contributed by atoms with Crippen LogP contribution in [0.3, 0.4) is 0 Å². The second-order valence-electron chi connectivity index (χ2n) is 3.69. The molecule has 0 N–H and O–H groups in total. The average molecular weight is 424 g/mol. The highest BCUT2D eigenvalue weighted by Gasteiger charge is 2.33. The number of rotatable bonds is 2. The van der Waals surface area contributed by atoms with E-state index in [0.717, 1.165) is 4.88 Å². The molecule has 21 heavy (non-hydrogen) atoms. The maximum atomic E-state index is 5.78. The van der Waals surface area contributed by atoms with Gasteiger partial charge in [0.1, 0.15) is 0 Å². The monoisotopic (exact) mass is 421 g/mol. The van der Waals surface area contributed by atoms with Crippen molar-refractivity contribution in [2.75, 3.05) is 0 Å². The van der Waals surface area contributed by atoms with Crippen LogP contribution in [-0.2, 0) is 7.59 Å². The lowest BCUT2D eigenvalue weighted by Gasteiger charge is -2.14. The Morgan fingerprint density at radius 3 is 1.86 bits per heavy atom. The normalized spacial score (nSPS) is 13.0. The first-order valence-electron chi connectivity index (χ1n) is 5.28. The predicted molar refractivity (Wildman–Crippen MR) is 91.5 cm³/mol. The number of thiophene rings is 1. The number of aromatic nitrogens is 3. The van der Waals surface area contributed by atoms with Crippen LogP contribution in [0.1, 0.15) is 22.4 Å². The van der Waals surface area contributed by atoms with Crippen molar-refractivity contribution in [3.8, 4) is 0 Å². The van der Waals surface area contributed by atoms with Crippen molar-refractivity contribution in [1.82, 2.24) is 15.0 Å². The van der Waals surface area contributed by atoms with Crippen LogP contribution in [0, 0.1) is 0 Å². The van der Waals surface area contributed by atoms with E-state index in [-0.39, 0.29) is 17.5 Å². The SMILES string of the molecule is ClC(Cl)(Cl)c1nc(C=Cc2cccs2)nc(C(Cl)(Cl)Cl)n1. The van der Waals surface area contributed by atoms with Crippen molar-refractivity contribution < 1.29 is 0 Å². The van der Waals surface area contributed by atoms with Gasteiger partial charge in [-0.2, -0.15) is 0 Å². The minimum Gasteiger partial charge on any atom is -0.209 e. The van der Waals surface area contributed by atoms with Gasteiger partial charge >= 0.3 is 0 Å². The van der Waals surface area contributed by atoms with E-state index in [9.17, 15) is 0 Å². The molecular formula is C11H5Cl6N3S. The molecular weight excluding hydrogens is 419 g/mol. The summed E-state index contributed by atoms with van der Waals surface area (Å²) in [6.07, 6.45) is 3.41.